The molecule has 2 aromatic rings. The van der Waals surface area contributed by atoms with E-state index in [9.17, 15) is 9.59 Å². The number of carbonyl (C=O) groups excluding carboxylic acids is 2. The van der Waals surface area contributed by atoms with Gasteiger partial charge in [0.05, 0.1) is 43.5 Å². The Morgan fingerprint density at radius 1 is 1.21 bits per heavy atom. The van der Waals surface area contributed by atoms with Crippen LogP contribution in [0.15, 0.2) is 42.5 Å². The lowest BCUT2D eigenvalue weighted by Crippen LogP contribution is -2.34. The number of methoxy groups -OCH3 is 2. The third-order valence-corrected chi connectivity index (χ3v) is 5.07. The molecule has 0 aromatic heterocycles. The normalized spacial score (nSPS) is 16.8. The Hall–Kier alpha value is -3.53. The van der Waals surface area contributed by atoms with Crippen LogP contribution < -0.4 is 19.7 Å². The molecule has 2 amide bonds. The molecule has 0 spiro atoms. The summed E-state index contributed by atoms with van der Waals surface area (Å²) in [5.74, 6) is 0.396. The standard InChI is InChI=1S/C22H23N3O4/c1-14(16-6-4-15(12-23)5-7-16)24-22(27)17-10-21(26)25(13-17)19-9-8-18(28-2)11-20(19)29-3/h4-9,11,14,17H,10,13H2,1-3H3,(H,24,27). The molecule has 1 N–H and O–H groups in total. The van der Waals surface area contributed by atoms with Gasteiger partial charge in [0.25, 0.3) is 0 Å². The lowest BCUT2D eigenvalue weighted by atomic mass is 10.0. The van der Waals surface area contributed by atoms with Gasteiger partial charge in [-0.2, -0.15) is 5.26 Å². The maximum Gasteiger partial charge on any atom is 0.227 e. The van der Waals surface area contributed by atoms with Crippen molar-refractivity contribution in [2.24, 2.45) is 5.92 Å². The first kappa shape index (κ1) is 20.2. The van der Waals surface area contributed by atoms with E-state index in [1.165, 1.54) is 7.11 Å². The van der Waals surface area contributed by atoms with Gasteiger partial charge in [0, 0.05) is 19.0 Å². The second-order valence-electron chi connectivity index (χ2n) is 6.91. The van der Waals surface area contributed by atoms with Crippen LogP contribution in [0.5, 0.6) is 11.5 Å². The van der Waals surface area contributed by atoms with Crippen LogP contribution in [-0.2, 0) is 9.59 Å². The lowest BCUT2D eigenvalue weighted by molar-refractivity contribution is -0.126. The Balaban J connectivity index is 1.69. The number of anilines is 1. The molecule has 0 radical (unpaired) electrons. The van der Waals surface area contributed by atoms with Crippen molar-refractivity contribution in [1.82, 2.24) is 5.32 Å². The SMILES string of the molecule is COc1ccc(N2CC(C(=O)NC(C)c3ccc(C#N)cc3)CC2=O)c(OC)c1. The van der Waals surface area contributed by atoms with Crippen molar-refractivity contribution in [2.75, 3.05) is 25.7 Å². The molecular formula is C22H23N3O4. The zero-order chi connectivity index (χ0) is 21.0. The molecule has 0 saturated carbocycles. The second-order valence-corrected chi connectivity index (χ2v) is 6.91. The quantitative estimate of drug-likeness (QED) is 0.815. The minimum absolute atomic E-state index is 0.125. The molecule has 3 rings (SSSR count). The minimum Gasteiger partial charge on any atom is -0.497 e. The monoisotopic (exact) mass is 393 g/mol. The number of nitriles is 1. The first-order chi connectivity index (χ1) is 14.0. The van der Waals surface area contributed by atoms with Crippen molar-refractivity contribution in [3.05, 3.63) is 53.6 Å². The Bertz CT molecular complexity index is 950. The van der Waals surface area contributed by atoms with Crippen molar-refractivity contribution in [1.29, 1.82) is 5.26 Å². The summed E-state index contributed by atoms with van der Waals surface area (Å²) < 4.78 is 10.6. The fourth-order valence-electron chi connectivity index (χ4n) is 3.38. The van der Waals surface area contributed by atoms with Crippen molar-refractivity contribution < 1.29 is 19.1 Å². The highest BCUT2D eigenvalue weighted by molar-refractivity contribution is 6.01. The average molecular weight is 393 g/mol. The third kappa shape index (κ3) is 4.32. The summed E-state index contributed by atoms with van der Waals surface area (Å²) in [5, 5.41) is 11.9. The summed E-state index contributed by atoms with van der Waals surface area (Å²) in [5.41, 5.74) is 2.09. The lowest BCUT2D eigenvalue weighted by Gasteiger charge is -2.21. The van der Waals surface area contributed by atoms with Crippen LogP contribution in [0.25, 0.3) is 0 Å². The third-order valence-electron chi connectivity index (χ3n) is 5.07. The average Bonchev–Trinajstić information content (AvgIpc) is 3.14. The predicted molar refractivity (Wildman–Crippen MR) is 108 cm³/mol. The molecule has 7 nitrogen and oxygen atoms in total. The van der Waals surface area contributed by atoms with Gasteiger partial charge in [-0.25, -0.2) is 0 Å². The molecule has 1 aliphatic rings. The van der Waals surface area contributed by atoms with Crippen LogP contribution in [-0.4, -0.2) is 32.6 Å². The number of rotatable bonds is 6. The largest absolute Gasteiger partial charge is 0.497 e. The van der Waals surface area contributed by atoms with E-state index in [0.717, 1.165) is 5.56 Å². The Morgan fingerprint density at radius 2 is 1.93 bits per heavy atom. The van der Waals surface area contributed by atoms with E-state index in [-0.39, 0.29) is 30.8 Å². The molecule has 1 fully saturated rings. The summed E-state index contributed by atoms with van der Waals surface area (Å²) in [6.07, 6.45) is 0.140. The Labute approximate surface area is 169 Å². The van der Waals surface area contributed by atoms with Crippen molar-refractivity contribution in [2.45, 2.75) is 19.4 Å². The number of ether oxygens (including phenoxy) is 2. The van der Waals surface area contributed by atoms with E-state index in [0.29, 0.717) is 22.7 Å². The van der Waals surface area contributed by atoms with Gasteiger partial charge >= 0.3 is 0 Å². The minimum atomic E-state index is -0.449. The smallest absolute Gasteiger partial charge is 0.227 e. The van der Waals surface area contributed by atoms with Gasteiger partial charge in [-0.15, -0.1) is 0 Å². The number of hydrogen-bond acceptors (Lipinski definition) is 5. The highest BCUT2D eigenvalue weighted by Crippen LogP contribution is 2.36. The maximum atomic E-state index is 12.7. The van der Waals surface area contributed by atoms with Gasteiger partial charge in [-0.1, -0.05) is 12.1 Å². The maximum absolute atomic E-state index is 12.7. The van der Waals surface area contributed by atoms with Crippen molar-refractivity contribution in [3.63, 3.8) is 0 Å². The number of hydrogen-bond donors (Lipinski definition) is 1. The van der Waals surface area contributed by atoms with Crippen molar-refractivity contribution >= 4 is 17.5 Å². The van der Waals surface area contributed by atoms with E-state index >= 15 is 0 Å². The topological polar surface area (TPSA) is 91.7 Å². The van der Waals surface area contributed by atoms with E-state index in [4.69, 9.17) is 14.7 Å². The molecule has 2 atom stereocenters. The molecule has 0 aliphatic carbocycles. The zero-order valence-electron chi connectivity index (χ0n) is 16.6. The van der Waals surface area contributed by atoms with E-state index in [1.54, 1.807) is 42.3 Å². The molecule has 7 heteroatoms. The number of benzene rings is 2. The van der Waals surface area contributed by atoms with Crippen LogP contribution in [0.2, 0.25) is 0 Å². The first-order valence-corrected chi connectivity index (χ1v) is 9.29. The van der Waals surface area contributed by atoms with E-state index in [2.05, 4.69) is 11.4 Å². The molecule has 1 saturated heterocycles. The van der Waals surface area contributed by atoms with Gasteiger partial charge in [-0.3, -0.25) is 9.59 Å². The second kappa shape index (κ2) is 8.65. The number of nitrogens with zero attached hydrogens (tertiary/aromatic N) is 2. The van der Waals surface area contributed by atoms with Gasteiger partial charge < -0.3 is 19.7 Å². The summed E-state index contributed by atoms with van der Waals surface area (Å²) in [6, 6.07) is 14.1. The molecule has 29 heavy (non-hydrogen) atoms. The summed E-state index contributed by atoms with van der Waals surface area (Å²) >= 11 is 0. The van der Waals surface area contributed by atoms with E-state index in [1.807, 2.05) is 19.1 Å². The van der Waals surface area contributed by atoms with Gasteiger partial charge in [-0.05, 0) is 36.8 Å². The molecular weight excluding hydrogens is 370 g/mol. The molecule has 1 heterocycles. The molecule has 2 unspecified atom stereocenters. The summed E-state index contributed by atoms with van der Waals surface area (Å²) in [4.78, 5) is 26.9. The van der Waals surface area contributed by atoms with E-state index < -0.39 is 5.92 Å². The fraction of sp³-hybridized carbons (Fsp3) is 0.318. The summed E-state index contributed by atoms with van der Waals surface area (Å²) in [6.45, 7) is 2.16. The highest BCUT2D eigenvalue weighted by Gasteiger charge is 2.36. The number of nitrogens with one attached hydrogen (secondary N) is 1. The fourth-order valence-corrected chi connectivity index (χ4v) is 3.38. The van der Waals surface area contributed by atoms with Gasteiger partial charge in [0.2, 0.25) is 11.8 Å². The number of carbonyl (C=O) groups is 2. The molecule has 2 aromatic carbocycles. The molecule has 150 valence electrons. The van der Waals surface area contributed by atoms with Crippen LogP contribution in [0.1, 0.15) is 30.5 Å². The van der Waals surface area contributed by atoms with Gasteiger partial charge in [0.1, 0.15) is 11.5 Å². The zero-order valence-corrected chi connectivity index (χ0v) is 16.6. The van der Waals surface area contributed by atoms with Crippen LogP contribution in [0, 0.1) is 17.2 Å². The molecule has 1 aliphatic heterocycles. The summed E-state index contributed by atoms with van der Waals surface area (Å²) in [7, 11) is 3.09. The number of amides is 2. The van der Waals surface area contributed by atoms with Gasteiger partial charge in [0.15, 0.2) is 0 Å². The molecule has 0 bridgehead atoms. The Kier molecular flexibility index (Phi) is 6.03. The highest BCUT2D eigenvalue weighted by atomic mass is 16.5. The van der Waals surface area contributed by atoms with Crippen LogP contribution >= 0.6 is 0 Å². The Morgan fingerprint density at radius 3 is 2.55 bits per heavy atom. The van der Waals surface area contributed by atoms with Crippen molar-refractivity contribution in [3.8, 4) is 17.6 Å². The first-order valence-electron chi connectivity index (χ1n) is 9.29. The predicted octanol–water partition coefficient (Wildman–Crippen LogP) is 2.81. The van der Waals surface area contributed by atoms with Crippen LogP contribution in [0.3, 0.4) is 0 Å². The van der Waals surface area contributed by atoms with Crippen LogP contribution in [0.4, 0.5) is 5.69 Å².